The first-order chi connectivity index (χ1) is 9.63. The molecule has 2 aliphatic rings. The van der Waals surface area contributed by atoms with Crippen LogP contribution in [0.3, 0.4) is 0 Å². The summed E-state index contributed by atoms with van der Waals surface area (Å²) in [6.07, 6.45) is 3.88. The number of fused-ring (bicyclic) bond motifs is 3. The Morgan fingerprint density at radius 2 is 2.00 bits per heavy atom. The molecule has 2 aromatic rings. The number of hydrogen-bond donors (Lipinski definition) is 2. The Kier molecular flexibility index (Phi) is 2.54. The molecule has 2 aliphatic carbocycles. The number of nitrogens with two attached hydrogens (primary N) is 1. The van der Waals surface area contributed by atoms with Gasteiger partial charge >= 0.3 is 0 Å². The van der Waals surface area contributed by atoms with E-state index in [0.29, 0.717) is 17.8 Å². The predicted octanol–water partition coefficient (Wildman–Crippen LogP) is 1.86. The van der Waals surface area contributed by atoms with Gasteiger partial charge in [-0.1, -0.05) is 0 Å². The summed E-state index contributed by atoms with van der Waals surface area (Å²) < 4.78 is 0. The molecule has 4 unspecified atom stereocenters. The molecule has 20 heavy (non-hydrogen) atoms. The first-order valence-corrected chi connectivity index (χ1v) is 7.43. The zero-order valence-electron chi connectivity index (χ0n) is 12.0. The average molecular weight is 271 g/mol. The van der Waals surface area contributed by atoms with E-state index in [1.165, 1.54) is 19.3 Å². The summed E-state index contributed by atoms with van der Waals surface area (Å²) in [7, 11) is 3.99. The van der Waals surface area contributed by atoms with Crippen LogP contribution in [0.1, 0.15) is 31.0 Å². The van der Waals surface area contributed by atoms with Crippen LogP contribution in [0.15, 0.2) is 12.1 Å². The van der Waals surface area contributed by atoms with Gasteiger partial charge in [-0.15, -0.1) is 0 Å². The number of hydrogen-bond acceptors (Lipinski definition) is 4. The summed E-state index contributed by atoms with van der Waals surface area (Å²) in [6, 6.07) is 4.35. The van der Waals surface area contributed by atoms with Gasteiger partial charge in [-0.3, -0.25) is 0 Å². The smallest absolute Gasteiger partial charge is 0.179 e. The highest BCUT2D eigenvalue weighted by Gasteiger charge is 2.47. The Bertz CT molecular complexity index is 645. The molecule has 0 radical (unpaired) electrons. The Labute approximate surface area is 118 Å². The van der Waals surface area contributed by atoms with Gasteiger partial charge in [-0.2, -0.15) is 0 Å². The van der Waals surface area contributed by atoms with Crippen LogP contribution in [0, 0.1) is 11.8 Å². The molecule has 2 aromatic heterocycles. The standard InChI is InChI=1S/C15H21N5/c1-20(2)11-6-5-10-14(18-11)19-15(17-10)12-8-3-4-9(7-8)13(12)16/h5-6,8-9,12-13H,3-4,7,16H2,1-2H3,(H,17,18,19). The monoisotopic (exact) mass is 271 g/mol. The lowest BCUT2D eigenvalue weighted by atomic mass is 9.84. The molecular formula is C15H21N5. The third kappa shape index (κ3) is 1.66. The van der Waals surface area contributed by atoms with Crippen molar-refractivity contribution in [2.24, 2.45) is 17.6 Å². The highest BCUT2D eigenvalue weighted by Crippen LogP contribution is 2.51. The molecule has 0 spiro atoms. The normalized spacial score (nSPS) is 32.1. The van der Waals surface area contributed by atoms with Gasteiger partial charge in [-0.05, 0) is 43.2 Å². The largest absolute Gasteiger partial charge is 0.363 e. The van der Waals surface area contributed by atoms with E-state index >= 15 is 0 Å². The summed E-state index contributed by atoms with van der Waals surface area (Å²) in [5, 5.41) is 0. The van der Waals surface area contributed by atoms with Crippen molar-refractivity contribution >= 4 is 17.0 Å². The van der Waals surface area contributed by atoms with Gasteiger partial charge in [0.15, 0.2) is 5.65 Å². The predicted molar refractivity (Wildman–Crippen MR) is 79.8 cm³/mol. The number of nitrogens with zero attached hydrogens (tertiary/aromatic N) is 3. The van der Waals surface area contributed by atoms with E-state index in [9.17, 15) is 0 Å². The maximum Gasteiger partial charge on any atom is 0.179 e. The summed E-state index contributed by atoms with van der Waals surface area (Å²) in [4.78, 5) is 14.8. The minimum absolute atomic E-state index is 0.266. The molecule has 2 bridgehead atoms. The Hall–Kier alpha value is -1.62. The molecule has 4 rings (SSSR count). The van der Waals surface area contributed by atoms with E-state index in [-0.39, 0.29) is 6.04 Å². The van der Waals surface area contributed by atoms with Gasteiger partial charge in [-0.25, -0.2) is 9.97 Å². The van der Waals surface area contributed by atoms with E-state index in [4.69, 9.17) is 10.7 Å². The van der Waals surface area contributed by atoms with Crippen LogP contribution in [-0.4, -0.2) is 35.1 Å². The fourth-order valence-electron chi connectivity index (χ4n) is 4.05. The Morgan fingerprint density at radius 1 is 1.20 bits per heavy atom. The Morgan fingerprint density at radius 3 is 2.70 bits per heavy atom. The van der Waals surface area contributed by atoms with E-state index in [1.807, 2.05) is 25.1 Å². The maximum atomic E-state index is 6.41. The molecule has 4 atom stereocenters. The number of imidazole rings is 1. The van der Waals surface area contributed by atoms with Crippen LogP contribution in [0.2, 0.25) is 0 Å². The first-order valence-electron chi connectivity index (χ1n) is 7.43. The highest BCUT2D eigenvalue weighted by molar-refractivity contribution is 5.73. The van der Waals surface area contributed by atoms with Gasteiger partial charge in [0, 0.05) is 26.1 Å². The number of H-pyrrole nitrogens is 1. The molecule has 0 aromatic carbocycles. The molecular weight excluding hydrogens is 250 g/mol. The molecule has 106 valence electrons. The van der Waals surface area contributed by atoms with Crippen molar-refractivity contribution in [1.82, 2.24) is 15.0 Å². The molecule has 2 fully saturated rings. The number of aromatic amines is 1. The SMILES string of the molecule is CN(C)c1ccc2[nH]c(C3C4CCC(C4)C3N)nc2n1. The zero-order valence-corrected chi connectivity index (χ0v) is 12.0. The van der Waals surface area contributed by atoms with Crippen molar-refractivity contribution in [3.63, 3.8) is 0 Å². The van der Waals surface area contributed by atoms with Gasteiger partial charge in [0.25, 0.3) is 0 Å². The second-order valence-electron chi connectivity index (χ2n) is 6.49. The molecule has 2 heterocycles. The fourth-order valence-corrected chi connectivity index (χ4v) is 4.05. The molecule has 5 nitrogen and oxygen atoms in total. The zero-order chi connectivity index (χ0) is 13.9. The minimum Gasteiger partial charge on any atom is -0.363 e. The van der Waals surface area contributed by atoms with Crippen LogP contribution in [0.4, 0.5) is 5.82 Å². The quantitative estimate of drug-likeness (QED) is 0.874. The van der Waals surface area contributed by atoms with Gasteiger partial charge in [0.1, 0.15) is 11.6 Å². The van der Waals surface area contributed by atoms with Crippen molar-refractivity contribution in [2.45, 2.75) is 31.2 Å². The average Bonchev–Trinajstić information content (AvgIpc) is 3.10. The second-order valence-corrected chi connectivity index (χ2v) is 6.49. The lowest BCUT2D eigenvalue weighted by Crippen LogP contribution is -2.34. The molecule has 3 N–H and O–H groups in total. The molecule has 2 saturated carbocycles. The number of rotatable bonds is 2. The number of anilines is 1. The summed E-state index contributed by atoms with van der Waals surface area (Å²) >= 11 is 0. The van der Waals surface area contributed by atoms with Gasteiger partial charge < -0.3 is 15.6 Å². The molecule has 0 aliphatic heterocycles. The van der Waals surface area contributed by atoms with Crippen molar-refractivity contribution < 1.29 is 0 Å². The van der Waals surface area contributed by atoms with Crippen LogP contribution in [-0.2, 0) is 0 Å². The van der Waals surface area contributed by atoms with E-state index < -0.39 is 0 Å². The van der Waals surface area contributed by atoms with Gasteiger partial charge in [0.2, 0.25) is 0 Å². The highest BCUT2D eigenvalue weighted by atomic mass is 15.2. The molecule has 0 saturated heterocycles. The lowest BCUT2D eigenvalue weighted by Gasteiger charge is -2.26. The number of pyridine rings is 1. The lowest BCUT2D eigenvalue weighted by molar-refractivity contribution is 0.356. The molecule has 5 heteroatoms. The van der Waals surface area contributed by atoms with Crippen molar-refractivity contribution in [3.05, 3.63) is 18.0 Å². The van der Waals surface area contributed by atoms with Crippen LogP contribution in [0.25, 0.3) is 11.2 Å². The summed E-state index contributed by atoms with van der Waals surface area (Å²) in [6.45, 7) is 0. The second kappa shape index (κ2) is 4.19. The summed E-state index contributed by atoms with van der Waals surface area (Å²) in [5.74, 6) is 3.79. The third-order valence-corrected chi connectivity index (χ3v) is 5.10. The van der Waals surface area contributed by atoms with E-state index in [1.54, 1.807) is 0 Å². The van der Waals surface area contributed by atoms with Crippen molar-refractivity contribution in [2.75, 3.05) is 19.0 Å². The van der Waals surface area contributed by atoms with Crippen LogP contribution < -0.4 is 10.6 Å². The van der Waals surface area contributed by atoms with E-state index in [2.05, 4.69) is 16.0 Å². The fraction of sp³-hybridized carbons (Fsp3) is 0.600. The topological polar surface area (TPSA) is 70.8 Å². The van der Waals surface area contributed by atoms with E-state index in [0.717, 1.165) is 22.8 Å². The number of aromatic nitrogens is 3. The number of nitrogens with one attached hydrogen (secondary N) is 1. The third-order valence-electron chi connectivity index (χ3n) is 5.10. The Balaban J connectivity index is 1.74. The van der Waals surface area contributed by atoms with Crippen molar-refractivity contribution in [3.8, 4) is 0 Å². The van der Waals surface area contributed by atoms with Crippen molar-refractivity contribution in [1.29, 1.82) is 0 Å². The van der Waals surface area contributed by atoms with Crippen LogP contribution in [0.5, 0.6) is 0 Å². The summed E-state index contributed by atoms with van der Waals surface area (Å²) in [5.41, 5.74) is 8.23. The maximum absolute atomic E-state index is 6.41. The minimum atomic E-state index is 0.266. The van der Waals surface area contributed by atoms with Crippen LogP contribution >= 0.6 is 0 Å². The first kappa shape index (κ1) is 12.1. The molecule has 0 amide bonds. The van der Waals surface area contributed by atoms with Gasteiger partial charge in [0.05, 0.1) is 5.52 Å².